The second-order valence-corrected chi connectivity index (χ2v) is 5.63. The molecule has 1 atom stereocenters. The fraction of sp³-hybridized carbons (Fsp3) is 0.429. The Bertz CT molecular complexity index is 532. The standard InChI is InChI=1S/C14H16BrNO4/c1-20-14(19)10-3-2-6-16(8-10)13(18)9-4-5-11(15)12(17)7-9/h4-5,7,10,17H,2-3,6,8H2,1H3/t10-/m0/s1. The van der Waals surface area contributed by atoms with Crippen LogP contribution < -0.4 is 0 Å². The predicted molar refractivity (Wildman–Crippen MR) is 76.5 cm³/mol. The van der Waals surface area contributed by atoms with Gasteiger partial charge in [-0.2, -0.15) is 0 Å². The molecule has 0 spiro atoms. The summed E-state index contributed by atoms with van der Waals surface area (Å²) in [7, 11) is 1.36. The number of carbonyl (C=O) groups excluding carboxylic acids is 2. The van der Waals surface area contributed by atoms with E-state index in [2.05, 4.69) is 15.9 Å². The zero-order valence-electron chi connectivity index (χ0n) is 11.1. The summed E-state index contributed by atoms with van der Waals surface area (Å²) in [5.74, 6) is -0.693. The summed E-state index contributed by atoms with van der Waals surface area (Å²) in [6, 6.07) is 4.70. The van der Waals surface area contributed by atoms with Gasteiger partial charge in [0.25, 0.3) is 5.91 Å². The zero-order valence-corrected chi connectivity index (χ0v) is 12.7. The number of methoxy groups -OCH3 is 1. The number of likely N-dealkylation sites (tertiary alicyclic amines) is 1. The highest BCUT2D eigenvalue weighted by molar-refractivity contribution is 9.10. The van der Waals surface area contributed by atoms with Gasteiger partial charge in [-0.25, -0.2) is 0 Å². The van der Waals surface area contributed by atoms with Crippen molar-refractivity contribution in [2.45, 2.75) is 12.8 Å². The molecular formula is C14H16BrNO4. The smallest absolute Gasteiger partial charge is 0.310 e. The molecular weight excluding hydrogens is 326 g/mol. The van der Waals surface area contributed by atoms with Crippen LogP contribution in [0.1, 0.15) is 23.2 Å². The number of esters is 1. The first-order valence-electron chi connectivity index (χ1n) is 6.38. The van der Waals surface area contributed by atoms with E-state index >= 15 is 0 Å². The SMILES string of the molecule is COC(=O)[C@H]1CCCN(C(=O)c2ccc(Br)c(O)c2)C1. The minimum atomic E-state index is -0.277. The first kappa shape index (κ1) is 14.8. The van der Waals surface area contributed by atoms with Crippen molar-refractivity contribution < 1.29 is 19.4 Å². The third-order valence-electron chi connectivity index (χ3n) is 3.44. The number of hydrogen-bond acceptors (Lipinski definition) is 4. The van der Waals surface area contributed by atoms with Crippen molar-refractivity contribution in [1.82, 2.24) is 4.90 Å². The number of phenols is 1. The van der Waals surface area contributed by atoms with Crippen molar-refractivity contribution in [3.8, 4) is 5.75 Å². The van der Waals surface area contributed by atoms with Crippen molar-refractivity contribution in [3.05, 3.63) is 28.2 Å². The van der Waals surface area contributed by atoms with Gasteiger partial charge in [0.1, 0.15) is 5.75 Å². The van der Waals surface area contributed by atoms with Crippen molar-refractivity contribution >= 4 is 27.8 Å². The van der Waals surface area contributed by atoms with E-state index in [1.807, 2.05) is 0 Å². The third kappa shape index (κ3) is 3.12. The average Bonchev–Trinajstić information content (AvgIpc) is 2.48. The van der Waals surface area contributed by atoms with Gasteiger partial charge in [0.05, 0.1) is 17.5 Å². The highest BCUT2D eigenvalue weighted by Crippen LogP contribution is 2.26. The molecule has 1 aromatic carbocycles. The lowest BCUT2D eigenvalue weighted by Gasteiger charge is -2.31. The molecule has 5 nitrogen and oxygen atoms in total. The number of aromatic hydroxyl groups is 1. The Labute approximate surface area is 125 Å². The van der Waals surface area contributed by atoms with Crippen molar-refractivity contribution in [3.63, 3.8) is 0 Å². The second kappa shape index (κ2) is 6.26. The Kier molecular flexibility index (Phi) is 4.65. The molecule has 1 fully saturated rings. The molecule has 1 N–H and O–H groups in total. The van der Waals surface area contributed by atoms with Gasteiger partial charge in [-0.05, 0) is 47.0 Å². The quantitative estimate of drug-likeness (QED) is 0.837. The zero-order chi connectivity index (χ0) is 14.7. The molecule has 0 saturated carbocycles. The Hall–Kier alpha value is -1.56. The first-order valence-corrected chi connectivity index (χ1v) is 7.18. The fourth-order valence-corrected chi connectivity index (χ4v) is 2.60. The maximum absolute atomic E-state index is 12.4. The van der Waals surface area contributed by atoms with Crippen LogP contribution in [0.2, 0.25) is 0 Å². The monoisotopic (exact) mass is 341 g/mol. The normalized spacial score (nSPS) is 18.7. The van der Waals surface area contributed by atoms with Crippen molar-refractivity contribution in [2.24, 2.45) is 5.92 Å². The molecule has 0 aliphatic carbocycles. The molecule has 1 aliphatic heterocycles. The van der Waals surface area contributed by atoms with E-state index in [-0.39, 0.29) is 23.5 Å². The van der Waals surface area contributed by atoms with Crippen LogP contribution in [0.4, 0.5) is 0 Å². The Balaban J connectivity index is 2.12. The van der Waals surface area contributed by atoms with Gasteiger partial charge in [0.15, 0.2) is 0 Å². The molecule has 0 bridgehead atoms. The minimum Gasteiger partial charge on any atom is -0.507 e. The lowest BCUT2D eigenvalue weighted by atomic mass is 9.97. The summed E-state index contributed by atoms with van der Waals surface area (Å²) < 4.78 is 5.28. The number of benzene rings is 1. The lowest BCUT2D eigenvalue weighted by Crippen LogP contribution is -2.42. The lowest BCUT2D eigenvalue weighted by molar-refractivity contribution is -0.146. The number of phenolic OH excluding ortho intramolecular Hbond substituents is 1. The highest BCUT2D eigenvalue weighted by atomic mass is 79.9. The Morgan fingerprint density at radius 3 is 2.85 bits per heavy atom. The number of amides is 1. The summed E-state index contributed by atoms with van der Waals surface area (Å²) in [6.45, 7) is 0.978. The molecule has 1 aromatic rings. The molecule has 1 saturated heterocycles. The number of rotatable bonds is 2. The number of piperidine rings is 1. The van der Waals surface area contributed by atoms with E-state index in [9.17, 15) is 14.7 Å². The first-order chi connectivity index (χ1) is 9.52. The van der Waals surface area contributed by atoms with Crippen molar-refractivity contribution in [1.29, 1.82) is 0 Å². The van der Waals surface area contributed by atoms with Crippen LogP contribution in [0.15, 0.2) is 22.7 Å². The summed E-state index contributed by atoms with van der Waals surface area (Å²) >= 11 is 3.18. The van der Waals surface area contributed by atoms with Gasteiger partial charge in [-0.15, -0.1) is 0 Å². The van der Waals surface area contributed by atoms with Gasteiger partial charge >= 0.3 is 5.97 Å². The van der Waals surface area contributed by atoms with E-state index < -0.39 is 0 Å². The largest absolute Gasteiger partial charge is 0.507 e. The predicted octanol–water partition coefficient (Wildman–Crippen LogP) is 2.18. The van der Waals surface area contributed by atoms with Crippen LogP contribution in [0.3, 0.4) is 0 Å². The molecule has 0 unspecified atom stereocenters. The molecule has 0 radical (unpaired) electrons. The van der Waals surface area contributed by atoms with Gasteiger partial charge in [-0.1, -0.05) is 0 Å². The molecule has 0 aromatic heterocycles. The summed E-state index contributed by atoms with van der Waals surface area (Å²) in [5, 5.41) is 9.63. The molecule has 2 rings (SSSR count). The van der Waals surface area contributed by atoms with Gasteiger partial charge in [0.2, 0.25) is 0 Å². The topological polar surface area (TPSA) is 66.8 Å². The summed E-state index contributed by atoms with van der Waals surface area (Å²) in [6.07, 6.45) is 1.51. The molecule has 108 valence electrons. The van der Waals surface area contributed by atoms with Gasteiger partial charge in [0, 0.05) is 18.7 Å². The molecule has 1 heterocycles. The van der Waals surface area contributed by atoms with Crippen LogP contribution in [0, 0.1) is 5.92 Å². The Morgan fingerprint density at radius 2 is 2.20 bits per heavy atom. The van der Waals surface area contributed by atoms with E-state index in [1.54, 1.807) is 17.0 Å². The van der Waals surface area contributed by atoms with E-state index in [4.69, 9.17) is 4.74 Å². The highest BCUT2D eigenvalue weighted by Gasteiger charge is 2.29. The molecule has 20 heavy (non-hydrogen) atoms. The molecule has 6 heteroatoms. The summed E-state index contributed by atoms with van der Waals surface area (Å²) in [5.41, 5.74) is 0.413. The van der Waals surface area contributed by atoms with E-state index in [1.165, 1.54) is 13.2 Å². The van der Waals surface area contributed by atoms with Crippen molar-refractivity contribution in [2.75, 3.05) is 20.2 Å². The van der Waals surface area contributed by atoms with Crippen LogP contribution in [0.25, 0.3) is 0 Å². The van der Waals surface area contributed by atoms with Crippen LogP contribution in [-0.4, -0.2) is 42.1 Å². The Morgan fingerprint density at radius 1 is 1.45 bits per heavy atom. The number of carbonyl (C=O) groups is 2. The van der Waals surface area contributed by atoms with Crippen LogP contribution >= 0.6 is 15.9 Å². The second-order valence-electron chi connectivity index (χ2n) is 4.78. The maximum atomic E-state index is 12.4. The minimum absolute atomic E-state index is 0.0253. The number of ether oxygens (including phenoxy) is 1. The number of halogens is 1. The average molecular weight is 342 g/mol. The number of nitrogens with zero attached hydrogens (tertiary/aromatic N) is 1. The van der Waals surface area contributed by atoms with Gasteiger partial charge < -0.3 is 14.7 Å². The number of hydrogen-bond donors (Lipinski definition) is 1. The third-order valence-corrected chi connectivity index (χ3v) is 4.11. The van der Waals surface area contributed by atoms with E-state index in [0.29, 0.717) is 23.1 Å². The molecule has 1 amide bonds. The van der Waals surface area contributed by atoms with Crippen LogP contribution in [-0.2, 0) is 9.53 Å². The molecule has 1 aliphatic rings. The fourth-order valence-electron chi connectivity index (χ4n) is 2.35. The maximum Gasteiger partial charge on any atom is 0.310 e. The summed E-state index contributed by atoms with van der Waals surface area (Å²) in [4.78, 5) is 25.6. The van der Waals surface area contributed by atoms with Crippen LogP contribution in [0.5, 0.6) is 5.75 Å². The van der Waals surface area contributed by atoms with E-state index in [0.717, 1.165) is 12.8 Å². The van der Waals surface area contributed by atoms with Gasteiger partial charge in [-0.3, -0.25) is 9.59 Å².